The van der Waals surface area contributed by atoms with E-state index in [0.717, 1.165) is 35.5 Å². The molecule has 0 unspecified atom stereocenters. The third-order valence-corrected chi connectivity index (χ3v) is 7.04. The van der Waals surface area contributed by atoms with E-state index in [2.05, 4.69) is 32.0 Å². The van der Waals surface area contributed by atoms with Crippen LogP contribution < -0.4 is 4.90 Å². The van der Waals surface area contributed by atoms with Crippen molar-refractivity contribution in [2.45, 2.75) is 30.1 Å². The van der Waals surface area contributed by atoms with Crippen LogP contribution >= 0.6 is 0 Å². The molecule has 1 spiro atoms. The number of hydrogen-bond acceptors (Lipinski definition) is 6. The fourth-order valence-electron chi connectivity index (χ4n) is 3.97. The topological polar surface area (TPSA) is 82.8 Å². The number of nitrogens with zero attached hydrogens (tertiary/aromatic N) is 5. The van der Waals surface area contributed by atoms with Gasteiger partial charge in [-0.25, -0.2) is 9.97 Å². The van der Waals surface area contributed by atoms with Crippen LogP contribution in [0.3, 0.4) is 0 Å². The molecule has 3 heterocycles. The number of aromatic nitrogens is 3. The van der Waals surface area contributed by atoms with Gasteiger partial charge in [0.05, 0.1) is 28.1 Å². The molecule has 0 saturated heterocycles. The number of nitriles is 1. The van der Waals surface area contributed by atoms with E-state index in [1.807, 2.05) is 19.1 Å². The molecule has 1 atom stereocenters. The molecule has 0 radical (unpaired) electrons. The van der Waals surface area contributed by atoms with Gasteiger partial charge in [0.15, 0.2) is 0 Å². The Bertz CT molecular complexity index is 1160. The summed E-state index contributed by atoms with van der Waals surface area (Å²) >= 11 is 0. The highest BCUT2D eigenvalue weighted by molar-refractivity contribution is 7.85. The van der Waals surface area contributed by atoms with Crippen LogP contribution in [0.15, 0.2) is 53.8 Å². The molecule has 2 aliphatic rings. The van der Waals surface area contributed by atoms with E-state index in [9.17, 15) is 4.21 Å². The molecule has 144 valence electrons. The fourth-order valence-corrected chi connectivity index (χ4v) is 4.77. The average Bonchev–Trinajstić information content (AvgIpc) is 3.49. The SMILES string of the molecule is CC[S@](=O)c1ccc2c(c1)N(c1ncc(-c3cc(C#N)ccn3)cn1)CC21CC1. The molecular formula is C22H19N5OS. The van der Waals surface area contributed by atoms with Crippen molar-refractivity contribution in [2.75, 3.05) is 17.2 Å². The summed E-state index contributed by atoms with van der Waals surface area (Å²) in [6.45, 7) is 2.78. The summed E-state index contributed by atoms with van der Waals surface area (Å²) < 4.78 is 12.3. The van der Waals surface area contributed by atoms with Crippen molar-refractivity contribution >= 4 is 22.4 Å². The standard InChI is InChI=1S/C22H19N5OS/c1-2-29(28)17-3-4-18-20(10-17)27(14-22(18)6-7-22)21-25-12-16(13-26-21)19-9-15(11-23)5-8-24-19/h3-5,8-10,12-13H,2,6-7,14H2,1H3/t29-/m0/s1. The Labute approximate surface area is 171 Å². The number of hydrogen-bond donors (Lipinski definition) is 0. The van der Waals surface area contributed by atoms with Gasteiger partial charge in [-0.2, -0.15) is 5.26 Å². The minimum Gasteiger partial charge on any atom is -0.309 e. The molecule has 2 aromatic heterocycles. The third-order valence-electron chi connectivity index (χ3n) is 5.74. The van der Waals surface area contributed by atoms with Crippen LogP contribution in [0.5, 0.6) is 0 Å². The lowest BCUT2D eigenvalue weighted by atomic mass is 9.99. The van der Waals surface area contributed by atoms with Crippen LogP contribution in [-0.2, 0) is 16.2 Å². The maximum Gasteiger partial charge on any atom is 0.229 e. The second-order valence-corrected chi connectivity index (χ2v) is 9.23. The summed E-state index contributed by atoms with van der Waals surface area (Å²) in [6, 6.07) is 11.7. The van der Waals surface area contributed by atoms with Crippen molar-refractivity contribution in [1.82, 2.24) is 15.0 Å². The number of rotatable bonds is 4. The lowest BCUT2D eigenvalue weighted by Gasteiger charge is -2.18. The Balaban J connectivity index is 1.51. The molecular weight excluding hydrogens is 382 g/mol. The molecule has 6 nitrogen and oxygen atoms in total. The van der Waals surface area contributed by atoms with Crippen molar-refractivity contribution in [1.29, 1.82) is 5.26 Å². The van der Waals surface area contributed by atoms with E-state index in [0.29, 0.717) is 23.0 Å². The molecule has 1 aliphatic heterocycles. The number of fused-ring (bicyclic) bond motifs is 2. The summed E-state index contributed by atoms with van der Waals surface area (Å²) in [7, 11) is -0.992. The minimum absolute atomic E-state index is 0.187. The predicted octanol–water partition coefficient (Wildman–Crippen LogP) is 3.72. The second kappa shape index (κ2) is 6.75. The Morgan fingerprint density at radius 3 is 2.66 bits per heavy atom. The molecule has 3 aromatic rings. The highest BCUT2D eigenvalue weighted by Gasteiger charge is 2.52. The lowest BCUT2D eigenvalue weighted by molar-refractivity contribution is 0.684. The first-order valence-electron chi connectivity index (χ1n) is 9.62. The van der Waals surface area contributed by atoms with Gasteiger partial charge in [0.2, 0.25) is 5.95 Å². The van der Waals surface area contributed by atoms with E-state index < -0.39 is 10.8 Å². The highest BCUT2D eigenvalue weighted by atomic mass is 32.2. The normalized spacial score (nSPS) is 17.0. The van der Waals surface area contributed by atoms with Crippen LogP contribution in [0.4, 0.5) is 11.6 Å². The summed E-state index contributed by atoms with van der Waals surface area (Å²) in [5.41, 5.74) is 4.57. The summed E-state index contributed by atoms with van der Waals surface area (Å²) in [5, 5.41) is 9.09. The second-order valence-electron chi connectivity index (χ2n) is 7.49. The Hall–Kier alpha value is -3.11. The van der Waals surface area contributed by atoms with Gasteiger partial charge in [-0.05, 0) is 42.7 Å². The summed E-state index contributed by atoms with van der Waals surface area (Å²) in [4.78, 5) is 16.5. The first-order chi connectivity index (χ1) is 14.1. The molecule has 1 fully saturated rings. The predicted molar refractivity (Wildman–Crippen MR) is 111 cm³/mol. The molecule has 1 aliphatic carbocycles. The van der Waals surface area contributed by atoms with Crippen LogP contribution in [-0.4, -0.2) is 31.5 Å². The van der Waals surface area contributed by atoms with E-state index in [1.54, 1.807) is 30.7 Å². The van der Waals surface area contributed by atoms with Gasteiger partial charge < -0.3 is 4.90 Å². The van der Waals surface area contributed by atoms with E-state index in [4.69, 9.17) is 5.26 Å². The molecule has 0 amide bonds. The third kappa shape index (κ3) is 3.00. The van der Waals surface area contributed by atoms with E-state index >= 15 is 0 Å². The van der Waals surface area contributed by atoms with Gasteiger partial charge in [0.1, 0.15) is 0 Å². The zero-order valence-corrected chi connectivity index (χ0v) is 16.8. The van der Waals surface area contributed by atoms with Crippen LogP contribution in [0.1, 0.15) is 30.9 Å². The molecule has 5 rings (SSSR count). The maximum absolute atomic E-state index is 12.3. The van der Waals surface area contributed by atoms with Gasteiger partial charge in [0, 0.05) is 52.4 Å². The number of anilines is 2. The molecule has 0 bridgehead atoms. The zero-order chi connectivity index (χ0) is 20.0. The van der Waals surface area contributed by atoms with E-state index in [-0.39, 0.29) is 5.41 Å². The Morgan fingerprint density at radius 1 is 1.17 bits per heavy atom. The van der Waals surface area contributed by atoms with Gasteiger partial charge in [-0.15, -0.1) is 0 Å². The van der Waals surface area contributed by atoms with Crippen molar-refractivity contribution in [3.05, 3.63) is 60.0 Å². The Morgan fingerprint density at radius 2 is 1.97 bits per heavy atom. The van der Waals surface area contributed by atoms with Crippen molar-refractivity contribution in [3.63, 3.8) is 0 Å². The van der Waals surface area contributed by atoms with Crippen LogP contribution in [0, 0.1) is 11.3 Å². The molecule has 1 aromatic carbocycles. The summed E-state index contributed by atoms with van der Waals surface area (Å²) in [5.74, 6) is 1.24. The van der Waals surface area contributed by atoms with Crippen LogP contribution in [0.2, 0.25) is 0 Å². The van der Waals surface area contributed by atoms with Gasteiger partial charge in [-0.1, -0.05) is 13.0 Å². The largest absolute Gasteiger partial charge is 0.309 e. The minimum atomic E-state index is -0.992. The quantitative estimate of drug-likeness (QED) is 0.663. The first-order valence-corrected chi connectivity index (χ1v) is 10.9. The van der Waals surface area contributed by atoms with Crippen molar-refractivity contribution < 1.29 is 4.21 Å². The molecule has 1 saturated carbocycles. The van der Waals surface area contributed by atoms with E-state index in [1.165, 1.54) is 5.56 Å². The Kier molecular flexibility index (Phi) is 4.18. The first kappa shape index (κ1) is 18.0. The number of benzene rings is 1. The fraction of sp³-hybridized carbons (Fsp3) is 0.273. The molecule has 7 heteroatoms. The van der Waals surface area contributed by atoms with Crippen molar-refractivity contribution in [3.8, 4) is 17.3 Å². The number of pyridine rings is 1. The monoisotopic (exact) mass is 401 g/mol. The van der Waals surface area contributed by atoms with Gasteiger partial charge >= 0.3 is 0 Å². The van der Waals surface area contributed by atoms with Gasteiger partial charge in [0.25, 0.3) is 0 Å². The van der Waals surface area contributed by atoms with Gasteiger partial charge in [-0.3, -0.25) is 9.19 Å². The highest BCUT2D eigenvalue weighted by Crippen LogP contribution is 2.57. The maximum atomic E-state index is 12.3. The lowest BCUT2D eigenvalue weighted by Crippen LogP contribution is -2.21. The van der Waals surface area contributed by atoms with Crippen molar-refractivity contribution in [2.24, 2.45) is 0 Å². The molecule has 0 N–H and O–H groups in total. The molecule has 29 heavy (non-hydrogen) atoms. The zero-order valence-electron chi connectivity index (χ0n) is 16.0. The smallest absolute Gasteiger partial charge is 0.229 e. The summed E-state index contributed by atoms with van der Waals surface area (Å²) in [6.07, 6.45) is 7.44. The van der Waals surface area contributed by atoms with Crippen LogP contribution in [0.25, 0.3) is 11.3 Å². The average molecular weight is 401 g/mol.